The van der Waals surface area contributed by atoms with E-state index in [2.05, 4.69) is 36.2 Å². The van der Waals surface area contributed by atoms with Crippen molar-refractivity contribution in [1.29, 1.82) is 0 Å². The van der Waals surface area contributed by atoms with Crippen LogP contribution in [0.5, 0.6) is 11.6 Å². The molecule has 2 aromatic heterocycles. The minimum absolute atomic E-state index is 0.156. The smallest absolute Gasteiger partial charge is 0.239 e. The molecule has 0 bridgehead atoms. The van der Waals surface area contributed by atoms with Crippen LogP contribution in [-0.4, -0.2) is 25.7 Å². The fourth-order valence-corrected chi connectivity index (χ4v) is 1.31. The molecule has 1 N–H and O–H groups in total. The number of carbonyl (C=O) groups excluding carboxylic acids is 1. The van der Waals surface area contributed by atoms with E-state index in [1.807, 2.05) is 0 Å². The van der Waals surface area contributed by atoms with Gasteiger partial charge in [0.2, 0.25) is 11.8 Å². The van der Waals surface area contributed by atoms with Gasteiger partial charge < -0.3 is 10.1 Å². The highest BCUT2D eigenvalue weighted by Gasteiger charge is 2.09. The van der Waals surface area contributed by atoms with E-state index in [0.717, 1.165) is 0 Å². The number of halogens is 1. The molecule has 2 heterocycles. The van der Waals surface area contributed by atoms with Crippen molar-refractivity contribution >= 4 is 27.7 Å². The first kappa shape index (κ1) is 13.4. The van der Waals surface area contributed by atoms with Gasteiger partial charge in [-0.2, -0.15) is 0 Å². The number of alkyl halides is 1. The number of hydrogen-bond donors (Lipinski definition) is 1. The Morgan fingerprint density at radius 1 is 1.37 bits per heavy atom. The number of rotatable bonds is 4. The zero-order valence-corrected chi connectivity index (χ0v) is 11.7. The second-order valence-electron chi connectivity index (χ2n) is 3.63. The minimum atomic E-state index is -0.272. The number of anilines is 1. The van der Waals surface area contributed by atoms with E-state index in [0.29, 0.717) is 17.4 Å². The Labute approximate surface area is 118 Å². The van der Waals surface area contributed by atoms with Crippen LogP contribution in [0.15, 0.2) is 36.9 Å². The number of pyridine rings is 1. The summed E-state index contributed by atoms with van der Waals surface area (Å²) in [6.45, 7) is 1.74. The second kappa shape index (κ2) is 6.24. The summed E-state index contributed by atoms with van der Waals surface area (Å²) in [7, 11) is 0. The molecule has 0 radical (unpaired) electrons. The SMILES string of the molecule is CC(Br)C(=O)Nc1ccc(Oc2ccncn2)cn1. The van der Waals surface area contributed by atoms with Gasteiger partial charge in [-0.3, -0.25) is 4.79 Å². The third-order valence-corrected chi connectivity index (χ3v) is 2.54. The van der Waals surface area contributed by atoms with Crippen LogP contribution in [0.1, 0.15) is 6.92 Å². The average Bonchev–Trinajstić information content (AvgIpc) is 2.42. The van der Waals surface area contributed by atoms with E-state index >= 15 is 0 Å². The molecular weight excluding hydrogens is 312 g/mol. The molecule has 0 saturated heterocycles. The predicted octanol–water partition coefficient (Wildman–Crippen LogP) is 2.39. The Morgan fingerprint density at radius 3 is 2.79 bits per heavy atom. The average molecular weight is 323 g/mol. The molecular formula is C12H11BrN4O2. The van der Waals surface area contributed by atoms with Crippen molar-refractivity contribution in [1.82, 2.24) is 15.0 Å². The maximum atomic E-state index is 11.4. The molecule has 0 aliphatic carbocycles. The van der Waals surface area contributed by atoms with Crippen LogP contribution in [0.2, 0.25) is 0 Å². The first-order valence-electron chi connectivity index (χ1n) is 5.50. The van der Waals surface area contributed by atoms with Gasteiger partial charge in [0.05, 0.1) is 11.0 Å². The first-order chi connectivity index (χ1) is 9.15. The number of carbonyl (C=O) groups is 1. The van der Waals surface area contributed by atoms with Gasteiger partial charge in [-0.05, 0) is 19.1 Å². The lowest BCUT2D eigenvalue weighted by Gasteiger charge is -2.07. The third-order valence-electron chi connectivity index (χ3n) is 2.13. The van der Waals surface area contributed by atoms with Gasteiger partial charge in [-0.25, -0.2) is 15.0 Å². The molecule has 2 aromatic rings. The summed E-state index contributed by atoms with van der Waals surface area (Å²) in [5.74, 6) is 1.27. The zero-order valence-electron chi connectivity index (χ0n) is 10.1. The molecule has 0 fully saturated rings. The lowest BCUT2D eigenvalue weighted by molar-refractivity contribution is -0.115. The molecule has 0 aliphatic rings. The summed E-state index contributed by atoms with van der Waals surface area (Å²) in [5.41, 5.74) is 0. The van der Waals surface area contributed by atoms with Crippen molar-refractivity contribution in [2.45, 2.75) is 11.8 Å². The maximum absolute atomic E-state index is 11.4. The van der Waals surface area contributed by atoms with Crippen molar-refractivity contribution in [2.75, 3.05) is 5.32 Å². The standard InChI is InChI=1S/C12H11BrN4O2/c1-8(13)12(18)17-10-3-2-9(6-15-10)19-11-4-5-14-7-16-11/h2-8H,1H3,(H,15,17,18). The number of hydrogen-bond acceptors (Lipinski definition) is 5. The van der Waals surface area contributed by atoms with Gasteiger partial charge in [0.15, 0.2) is 0 Å². The normalized spacial score (nSPS) is 11.7. The number of nitrogens with one attached hydrogen (secondary N) is 1. The molecule has 0 aromatic carbocycles. The highest BCUT2D eigenvalue weighted by molar-refractivity contribution is 9.10. The Bertz CT molecular complexity index is 545. The summed E-state index contributed by atoms with van der Waals surface area (Å²) in [4.78, 5) is 23.0. The molecule has 1 unspecified atom stereocenters. The fourth-order valence-electron chi connectivity index (χ4n) is 1.20. The Balaban J connectivity index is 2.01. The third kappa shape index (κ3) is 3.99. The molecule has 19 heavy (non-hydrogen) atoms. The van der Waals surface area contributed by atoms with Crippen LogP contribution in [0.4, 0.5) is 5.82 Å². The summed E-state index contributed by atoms with van der Waals surface area (Å²) in [6.07, 6.45) is 4.49. The molecule has 0 spiro atoms. The van der Waals surface area contributed by atoms with Crippen LogP contribution in [0.3, 0.4) is 0 Å². The van der Waals surface area contributed by atoms with E-state index in [9.17, 15) is 4.79 Å². The van der Waals surface area contributed by atoms with Crippen LogP contribution in [-0.2, 0) is 4.79 Å². The molecule has 1 atom stereocenters. The van der Waals surface area contributed by atoms with Crippen molar-refractivity contribution in [3.8, 4) is 11.6 Å². The van der Waals surface area contributed by atoms with E-state index in [1.54, 1.807) is 31.3 Å². The van der Waals surface area contributed by atoms with E-state index in [4.69, 9.17) is 4.74 Å². The van der Waals surface area contributed by atoms with Crippen LogP contribution >= 0.6 is 15.9 Å². The summed E-state index contributed by atoms with van der Waals surface area (Å²) in [5, 5.41) is 2.65. The summed E-state index contributed by atoms with van der Waals surface area (Å²) < 4.78 is 5.45. The highest BCUT2D eigenvalue weighted by Crippen LogP contribution is 2.18. The summed E-state index contributed by atoms with van der Waals surface area (Å²) in [6, 6.07) is 5.00. The molecule has 2 rings (SSSR count). The Morgan fingerprint density at radius 2 is 2.21 bits per heavy atom. The van der Waals surface area contributed by atoms with E-state index in [1.165, 1.54) is 12.5 Å². The lowest BCUT2D eigenvalue weighted by Crippen LogP contribution is -2.20. The minimum Gasteiger partial charge on any atom is -0.437 e. The lowest BCUT2D eigenvalue weighted by atomic mass is 10.4. The predicted molar refractivity (Wildman–Crippen MR) is 73.4 cm³/mol. The second-order valence-corrected chi connectivity index (χ2v) is 5.01. The van der Waals surface area contributed by atoms with Gasteiger partial charge in [0, 0.05) is 12.3 Å². The number of amides is 1. The Hall–Kier alpha value is -2.02. The van der Waals surface area contributed by atoms with Gasteiger partial charge in [-0.15, -0.1) is 0 Å². The molecule has 98 valence electrons. The largest absolute Gasteiger partial charge is 0.437 e. The Kier molecular flexibility index (Phi) is 4.40. The monoisotopic (exact) mass is 322 g/mol. The molecule has 7 heteroatoms. The maximum Gasteiger partial charge on any atom is 0.239 e. The quantitative estimate of drug-likeness (QED) is 0.874. The number of ether oxygens (including phenoxy) is 1. The van der Waals surface area contributed by atoms with Gasteiger partial charge >= 0.3 is 0 Å². The van der Waals surface area contributed by atoms with Crippen molar-refractivity contribution < 1.29 is 9.53 Å². The van der Waals surface area contributed by atoms with Crippen molar-refractivity contribution in [2.24, 2.45) is 0 Å². The molecule has 0 saturated carbocycles. The van der Waals surface area contributed by atoms with Gasteiger partial charge in [0.25, 0.3) is 0 Å². The topological polar surface area (TPSA) is 77.0 Å². The summed E-state index contributed by atoms with van der Waals surface area (Å²) >= 11 is 3.18. The highest BCUT2D eigenvalue weighted by atomic mass is 79.9. The van der Waals surface area contributed by atoms with Crippen molar-refractivity contribution in [3.63, 3.8) is 0 Å². The van der Waals surface area contributed by atoms with Crippen LogP contribution in [0.25, 0.3) is 0 Å². The fraction of sp³-hybridized carbons (Fsp3) is 0.167. The zero-order chi connectivity index (χ0) is 13.7. The first-order valence-corrected chi connectivity index (χ1v) is 6.41. The molecule has 0 aliphatic heterocycles. The van der Waals surface area contributed by atoms with Gasteiger partial charge in [-0.1, -0.05) is 15.9 Å². The molecule has 6 nitrogen and oxygen atoms in total. The van der Waals surface area contributed by atoms with Crippen LogP contribution in [0, 0.1) is 0 Å². The van der Waals surface area contributed by atoms with E-state index in [-0.39, 0.29) is 10.7 Å². The van der Waals surface area contributed by atoms with Crippen molar-refractivity contribution in [3.05, 3.63) is 36.9 Å². The number of nitrogens with zero attached hydrogens (tertiary/aromatic N) is 3. The number of aromatic nitrogens is 3. The van der Waals surface area contributed by atoms with Crippen LogP contribution < -0.4 is 10.1 Å². The molecule has 1 amide bonds. The van der Waals surface area contributed by atoms with E-state index < -0.39 is 0 Å². The van der Waals surface area contributed by atoms with Gasteiger partial charge in [0.1, 0.15) is 17.9 Å².